The maximum absolute atomic E-state index is 9.26. The zero-order chi connectivity index (χ0) is 11.3. The molecule has 2 atom stereocenters. The summed E-state index contributed by atoms with van der Waals surface area (Å²) < 4.78 is 0. The van der Waals surface area contributed by atoms with Crippen molar-refractivity contribution in [3.8, 4) is 0 Å². The van der Waals surface area contributed by atoms with E-state index in [1.165, 1.54) is 10.4 Å². The van der Waals surface area contributed by atoms with E-state index in [1.807, 2.05) is 0 Å². The van der Waals surface area contributed by atoms with E-state index in [0.29, 0.717) is 12.3 Å². The molecule has 0 saturated carbocycles. The van der Waals surface area contributed by atoms with Crippen LogP contribution in [-0.2, 0) is 0 Å². The van der Waals surface area contributed by atoms with Crippen molar-refractivity contribution in [3.63, 3.8) is 0 Å². The number of aliphatic hydroxyl groups excluding tert-OH is 2. The minimum atomic E-state index is -0.649. The first-order valence-electron chi connectivity index (χ1n) is 4.83. The van der Waals surface area contributed by atoms with E-state index in [0.717, 1.165) is 0 Å². The standard InChI is InChI=1S/C10H17NO2S2/c1-7-2-3-14-10(7)9(4-11)15-6-8(13)5-12/h2-3,8-9,12-13H,4-6,11H2,1H3. The zero-order valence-electron chi connectivity index (χ0n) is 8.72. The second-order valence-electron chi connectivity index (χ2n) is 3.36. The number of aliphatic hydroxyl groups is 2. The van der Waals surface area contributed by atoms with Gasteiger partial charge in [0.1, 0.15) is 0 Å². The summed E-state index contributed by atoms with van der Waals surface area (Å²) in [4.78, 5) is 1.27. The normalized spacial score (nSPS) is 15.2. The van der Waals surface area contributed by atoms with E-state index in [9.17, 15) is 5.11 Å². The molecule has 0 fully saturated rings. The molecule has 0 aliphatic heterocycles. The summed E-state index contributed by atoms with van der Waals surface area (Å²) in [6.07, 6.45) is -0.649. The molecule has 1 aromatic heterocycles. The quantitative estimate of drug-likeness (QED) is 0.705. The number of thiophene rings is 1. The second-order valence-corrected chi connectivity index (χ2v) is 5.55. The Morgan fingerprint density at radius 3 is 2.80 bits per heavy atom. The molecule has 0 amide bonds. The first-order valence-corrected chi connectivity index (χ1v) is 6.76. The van der Waals surface area contributed by atoms with Crippen LogP contribution in [0.3, 0.4) is 0 Å². The molecule has 4 N–H and O–H groups in total. The average Bonchev–Trinajstić information content (AvgIpc) is 2.65. The molecular weight excluding hydrogens is 230 g/mol. The molecule has 3 nitrogen and oxygen atoms in total. The zero-order valence-corrected chi connectivity index (χ0v) is 10.4. The Hall–Kier alpha value is -0.0700. The van der Waals surface area contributed by atoms with Gasteiger partial charge in [-0.05, 0) is 23.9 Å². The molecular formula is C10H17NO2S2. The van der Waals surface area contributed by atoms with Crippen LogP contribution in [0.25, 0.3) is 0 Å². The largest absolute Gasteiger partial charge is 0.394 e. The summed E-state index contributed by atoms with van der Waals surface area (Å²) in [5.74, 6) is 0.524. The number of nitrogens with two attached hydrogens (primary N) is 1. The third-order valence-corrected chi connectivity index (χ3v) is 4.80. The Morgan fingerprint density at radius 2 is 2.33 bits per heavy atom. The van der Waals surface area contributed by atoms with E-state index in [1.54, 1.807) is 23.1 Å². The van der Waals surface area contributed by atoms with Crippen LogP contribution >= 0.6 is 23.1 Å². The molecule has 5 heteroatoms. The van der Waals surface area contributed by atoms with Crippen molar-refractivity contribution in [3.05, 3.63) is 21.9 Å². The van der Waals surface area contributed by atoms with Gasteiger partial charge in [0.15, 0.2) is 0 Å². The number of hydrogen-bond acceptors (Lipinski definition) is 5. The highest BCUT2D eigenvalue weighted by molar-refractivity contribution is 7.99. The SMILES string of the molecule is Cc1ccsc1C(CN)SCC(O)CO. The minimum Gasteiger partial charge on any atom is -0.394 e. The van der Waals surface area contributed by atoms with Gasteiger partial charge in [0.25, 0.3) is 0 Å². The Bertz CT molecular complexity index is 291. The first-order chi connectivity index (χ1) is 7.19. The van der Waals surface area contributed by atoms with Crippen LogP contribution < -0.4 is 5.73 Å². The van der Waals surface area contributed by atoms with Crippen LogP contribution in [0.2, 0.25) is 0 Å². The van der Waals surface area contributed by atoms with Gasteiger partial charge in [0.2, 0.25) is 0 Å². The summed E-state index contributed by atoms with van der Waals surface area (Å²) >= 11 is 3.30. The number of hydrogen-bond donors (Lipinski definition) is 3. The molecule has 2 unspecified atom stereocenters. The van der Waals surface area contributed by atoms with Crippen molar-refractivity contribution < 1.29 is 10.2 Å². The minimum absolute atomic E-state index is 0.187. The molecule has 1 heterocycles. The van der Waals surface area contributed by atoms with Gasteiger partial charge in [0.05, 0.1) is 18.0 Å². The van der Waals surface area contributed by atoms with E-state index in [-0.39, 0.29) is 11.9 Å². The summed E-state index contributed by atoms with van der Waals surface area (Å²) in [5.41, 5.74) is 6.95. The van der Waals surface area contributed by atoms with Crippen molar-refractivity contribution in [2.24, 2.45) is 5.73 Å². The van der Waals surface area contributed by atoms with Crippen LogP contribution in [0.15, 0.2) is 11.4 Å². The summed E-state index contributed by atoms with van der Waals surface area (Å²) in [6, 6.07) is 2.08. The lowest BCUT2D eigenvalue weighted by Gasteiger charge is -2.15. The molecule has 1 aromatic rings. The van der Waals surface area contributed by atoms with Gasteiger partial charge in [-0.2, -0.15) is 0 Å². The van der Waals surface area contributed by atoms with Crippen LogP contribution in [-0.4, -0.2) is 35.2 Å². The van der Waals surface area contributed by atoms with Gasteiger partial charge in [0, 0.05) is 17.2 Å². The topological polar surface area (TPSA) is 66.5 Å². The number of rotatable bonds is 6. The van der Waals surface area contributed by atoms with Crippen LogP contribution in [0, 0.1) is 6.92 Å². The Morgan fingerprint density at radius 1 is 1.60 bits per heavy atom. The van der Waals surface area contributed by atoms with Gasteiger partial charge in [-0.1, -0.05) is 0 Å². The summed E-state index contributed by atoms with van der Waals surface area (Å²) in [6.45, 7) is 2.44. The molecule has 86 valence electrons. The van der Waals surface area contributed by atoms with Gasteiger partial charge >= 0.3 is 0 Å². The Kier molecular flexibility index (Phi) is 5.63. The monoisotopic (exact) mass is 247 g/mol. The summed E-state index contributed by atoms with van der Waals surface area (Å²) in [7, 11) is 0. The van der Waals surface area contributed by atoms with E-state index < -0.39 is 6.10 Å². The third kappa shape index (κ3) is 3.77. The van der Waals surface area contributed by atoms with Crippen molar-refractivity contribution in [2.75, 3.05) is 18.9 Å². The maximum atomic E-state index is 9.26. The lowest BCUT2D eigenvalue weighted by molar-refractivity contribution is 0.113. The fraction of sp³-hybridized carbons (Fsp3) is 0.600. The fourth-order valence-corrected chi connectivity index (χ4v) is 3.57. The van der Waals surface area contributed by atoms with E-state index >= 15 is 0 Å². The molecule has 0 aliphatic carbocycles. The Balaban J connectivity index is 2.53. The highest BCUT2D eigenvalue weighted by Gasteiger charge is 2.15. The molecule has 0 aromatic carbocycles. The molecule has 1 rings (SSSR count). The molecule has 0 aliphatic rings. The maximum Gasteiger partial charge on any atom is 0.0861 e. The van der Waals surface area contributed by atoms with Crippen LogP contribution in [0.4, 0.5) is 0 Å². The predicted molar refractivity (Wildman–Crippen MR) is 66.4 cm³/mol. The van der Waals surface area contributed by atoms with Gasteiger partial charge in [-0.15, -0.1) is 23.1 Å². The third-order valence-electron chi connectivity index (χ3n) is 2.11. The molecule has 0 spiro atoms. The van der Waals surface area contributed by atoms with Gasteiger partial charge in [-0.3, -0.25) is 0 Å². The van der Waals surface area contributed by atoms with Gasteiger partial charge < -0.3 is 15.9 Å². The molecule has 0 saturated heterocycles. The van der Waals surface area contributed by atoms with Crippen LogP contribution in [0.5, 0.6) is 0 Å². The summed E-state index contributed by atoms with van der Waals surface area (Å²) in [5, 5.41) is 20.3. The lowest BCUT2D eigenvalue weighted by Crippen LogP contribution is -2.18. The van der Waals surface area contributed by atoms with E-state index in [2.05, 4.69) is 18.4 Å². The van der Waals surface area contributed by atoms with Crippen LogP contribution in [0.1, 0.15) is 15.7 Å². The second kappa shape index (κ2) is 6.50. The average molecular weight is 247 g/mol. The van der Waals surface area contributed by atoms with Gasteiger partial charge in [-0.25, -0.2) is 0 Å². The van der Waals surface area contributed by atoms with Crippen molar-refractivity contribution >= 4 is 23.1 Å². The lowest BCUT2D eigenvalue weighted by atomic mass is 10.2. The first kappa shape index (κ1) is 13.0. The highest BCUT2D eigenvalue weighted by Crippen LogP contribution is 2.33. The Labute approximate surface area is 98.3 Å². The molecule has 15 heavy (non-hydrogen) atoms. The smallest absolute Gasteiger partial charge is 0.0861 e. The van der Waals surface area contributed by atoms with Crippen molar-refractivity contribution in [1.82, 2.24) is 0 Å². The number of thioether (sulfide) groups is 1. The molecule has 0 bridgehead atoms. The van der Waals surface area contributed by atoms with E-state index in [4.69, 9.17) is 10.8 Å². The fourth-order valence-electron chi connectivity index (χ4n) is 1.24. The van der Waals surface area contributed by atoms with Crippen molar-refractivity contribution in [1.29, 1.82) is 0 Å². The number of aryl methyl sites for hydroxylation is 1. The van der Waals surface area contributed by atoms with Crippen molar-refractivity contribution in [2.45, 2.75) is 18.3 Å². The predicted octanol–water partition coefficient (Wildman–Crippen LogP) is 1.14. The molecule has 0 radical (unpaired) electrons. The highest BCUT2D eigenvalue weighted by atomic mass is 32.2.